The highest BCUT2D eigenvalue weighted by Crippen LogP contribution is 2.21. The third-order valence-electron chi connectivity index (χ3n) is 2.38. The molecule has 90 valence electrons. The summed E-state index contributed by atoms with van der Waals surface area (Å²) in [5, 5.41) is 8.97. The topological polar surface area (TPSA) is 40.9 Å². The lowest BCUT2D eigenvalue weighted by atomic mass is 9.91. The highest BCUT2D eigenvalue weighted by atomic mass is 79.9. The summed E-state index contributed by atoms with van der Waals surface area (Å²) in [5.74, 6) is -1.05. The van der Waals surface area contributed by atoms with E-state index in [2.05, 4.69) is 15.9 Å². The number of hydrogen-bond acceptors (Lipinski definition) is 2. The van der Waals surface area contributed by atoms with Crippen LogP contribution in [0.2, 0.25) is 0 Å². The molecule has 0 aliphatic carbocycles. The molecule has 1 unspecified atom stereocenters. The number of rotatable bonds is 4. The average Bonchev–Trinajstić information content (AvgIpc) is 2.28. The van der Waals surface area contributed by atoms with Gasteiger partial charge in [0.15, 0.2) is 5.78 Å². The van der Waals surface area contributed by atoms with Crippen molar-refractivity contribution in [2.45, 2.75) is 20.3 Å². The maximum Gasteiger partial charge on any atom is 0.180 e. The van der Waals surface area contributed by atoms with E-state index in [1.54, 1.807) is 0 Å². The van der Waals surface area contributed by atoms with Crippen molar-refractivity contribution in [2.24, 2.45) is 11.8 Å². The maximum absolute atomic E-state index is 13.0. The Labute approximate surface area is 109 Å². The Bertz CT molecular complexity index is 465. The van der Waals surface area contributed by atoms with E-state index in [1.165, 1.54) is 18.2 Å². The molecule has 0 fully saturated rings. The van der Waals surface area contributed by atoms with Gasteiger partial charge in [-0.15, -0.1) is 0 Å². The van der Waals surface area contributed by atoms with E-state index in [0.717, 1.165) is 0 Å². The van der Waals surface area contributed by atoms with E-state index in [0.29, 0.717) is 12.0 Å². The zero-order valence-electron chi connectivity index (χ0n) is 9.71. The summed E-state index contributed by atoms with van der Waals surface area (Å²) in [6.45, 7) is 3.91. The molecule has 0 aliphatic heterocycles. The van der Waals surface area contributed by atoms with Crippen LogP contribution < -0.4 is 0 Å². The predicted molar refractivity (Wildman–Crippen MR) is 67.0 cm³/mol. The van der Waals surface area contributed by atoms with E-state index in [9.17, 15) is 9.18 Å². The first-order valence-corrected chi connectivity index (χ1v) is 6.14. The SMILES string of the molecule is CC(C)CC(C#N)C(=O)c1ccc(F)c(Br)c1. The molecule has 4 heteroatoms. The van der Waals surface area contributed by atoms with Gasteiger partial charge in [-0.3, -0.25) is 4.79 Å². The lowest BCUT2D eigenvalue weighted by molar-refractivity contribution is 0.0937. The van der Waals surface area contributed by atoms with Gasteiger partial charge in [0, 0.05) is 5.56 Å². The van der Waals surface area contributed by atoms with Crippen LogP contribution in [-0.4, -0.2) is 5.78 Å². The van der Waals surface area contributed by atoms with Crippen LogP contribution in [0, 0.1) is 29.0 Å². The minimum atomic E-state index is -0.660. The first-order chi connectivity index (χ1) is 7.95. The molecule has 0 amide bonds. The minimum absolute atomic E-state index is 0.240. The van der Waals surface area contributed by atoms with Gasteiger partial charge in [-0.05, 0) is 46.5 Å². The highest BCUT2D eigenvalue weighted by molar-refractivity contribution is 9.10. The molecule has 17 heavy (non-hydrogen) atoms. The number of hydrogen-bond donors (Lipinski definition) is 0. The van der Waals surface area contributed by atoms with Crippen LogP contribution in [-0.2, 0) is 0 Å². The summed E-state index contributed by atoms with van der Waals surface area (Å²) in [4.78, 5) is 12.0. The highest BCUT2D eigenvalue weighted by Gasteiger charge is 2.21. The van der Waals surface area contributed by atoms with Crippen LogP contribution in [0.25, 0.3) is 0 Å². The van der Waals surface area contributed by atoms with Gasteiger partial charge in [0.2, 0.25) is 0 Å². The molecule has 0 bridgehead atoms. The molecule has 0 saturated carbocycles. The van der Waals surface area contributed by atoms with Crippen molar-refractivity contribution in [1.82, 2.24) is 0 Å². The number of carbonyl (C=O) groups excluding carboxylic acids is 1. The molecule has 0 spiro atoms. The molecule has 0 aliphatic rings. The quantitative estimate of drug-likeness (QED) is 0.789. The summed E-state index contributed by atoms with van der Waals surface area (Å²) in [6, 6.07) is 6.06. The third-order valence-corrected chi connectivity index (χ3v) is 2.99. The molecule has 0 saturated heterocycles. The molecule has 0 aromatic heterocycles. The van der Waals surface area contributed by atoms with Crippen molar-refractivity contribution < 1.29 is 9.18 Å². The second kappa shape index (κ2) is 5.92. The Balaban J connectivity index is 2.95. The van der Waals surface area contributed by atoms with Gasteiger partial charge in [-0.2, -0.15) is 5.26 Å². The fourth-order valence-electron chi connectivity index (χ4n) is 1.54. The Morgan fingerprint density at radius 1 is 1.53 bits per heavy atom. The molecule has 1 atom stereocenters. The zero-order chi connectivity index (χ0) is 13.0. The van der Waals surface area contributed by atoms with Gasteiger partial charge >= 0.3 is 0 Å². The summed E-state index contributed by atoms with van der Waals surface area (Å²) in [7, 11) is 0. The summed E-state index contributed by atoms with van der Waals surface area (Å²) < 4.78 is 13.3. The molecule has 0 N–H and O–H groups in total. The Morgan fingerprint density at radius 2 is 2.18 bits per heavy atom. The van der Waals surface area contributed by atoms with Crippen molar-refractivity contribution in [3.8, 4) is 6.07 Å². The first-order valence-electron chi connectivity index (χ1n) is 5.34. The van der Waals surface area contributed by atoms with Crippen LogP contribution in [0.4, 0.5) is 4.39 Å². The van der Waals surface area contributed by atoms with Crippen LogP contribution in [0.15, 0.2) is 22.7 Å². The fourth-order valence-corrected chi connectivity index (χ4v) is 1.92. The summed E-state index contributed by atoms with van der Waals surface area (Å²) in [6.07, 6.45) is 0.518. The molecular formula is C13H13BrFNO. The monoisotopic (exact) mass is 297 g/mol. The van der Waals surface area contributed by atoms with Crippen LogP contribution in [0.3, 0.4) is 0 Å². The molecule has 0 radical (unpaired) electrons. The van der Waals surface area contributed by atoms with Gasteiger partial charge < -0.3 is 0 Å². The second-order valence-corrected chi connectivity index (χ2v) is 5.16. The Hall–Kier alpha value is -1.21. The van der Waals surface area contributed by atoms with Gasteiger partial charge in [0.05, 0.1) is 10.5 Å². The van der Waals surface area contributed by atoms with Gasteiger partial charge in [-0.1, -0.05) is 13.8 Å². The van der Waals surface area contributed by atoms with E-state index >= 15 is 0 Å². The standard InChI is InChI=1S/C13H13BrFNO/c1-8(2)5-10(7-16)13(17)9-3-4-12(15)11(14)6-9/h3-4,6,8,10H,5H2,1-2H3. The number of halogens is 2. The number of nitrogens with zero attached hydrogens (tertiary/aromatic N) is 1. The number of benzene rings is 1. The largest absolute Gasteiger partial charge is 0.293 e. The zero-order valence-corrected chi connectivity index (χ0v) is 11.3. The van der Waals surface area contributed by atoms with Gasteiger partial charge in [0.1, 0.15) is 11.7 Å². The third kappa shape index (κ3) is 3.64. The van der Waals surface area contributed by atoms with Crippen LogP contribution in [0.5, 0.6) is 0 Å². The smallest absolute Gasteiger partial charge is 0.180 e. The maximum atomic E-state index is 13.0. The Morgan fingerprint density at radius 3 is 2.65 bits per heavy atom. The predicted octanol–water partition coefficient (Wildman–Crippen LogP) is 3.96. The van der Waals surface area contributed by atoms with Crippen LogP contribution in [0.1, 0.15) is 30.6 Å². The van der Waals surface area contributed by atoms with Crippen LogP contribution >= 0.6 is 15.9 Å². The Kier molecular flexibility index (Phi) is 4.83. The fraction of sp³-hybridized carbons (Fsp3) is 0.385. The lowest BCUT2D eigenvalue weighted by Crippen LogP contribution is -2.15. The summed E-state index contributed by atoms with van der Waals surface area (Å²) >= 11 is 3.03. The second-order valence-electron chi connectivity index (χ2n) is 4.30. The normalized spacial score (nSPS) is 12.2. The number of ketones is 1. The minimum Gasteiger partial charge on any atom is -0.293 e. The molecule has 0 heterocycles. The van der Waals surface area contributed by atoms with Crippen molar-refractivity contribution in [1.29, 1.82) is 5.26 Å². The molecule has 1 aromatic carbocycles. The van der Waals surface area contributed by atoms with E-state index in [4.69, 9.17) is 5.26 Å². The van der Waals surface area contributed by atoms with E-state index in [1.807, 2.05) is 19.9 Å². The lowest BCUT2D eigenvalue weighted by Gasteiger charge is -2.10. The van der Waals surface area contributed by atoms with Gasteiger partial charge in [-0.25, -0.2) is 4.39 Å². The molecular weight excluding hydrogens is 285 g/mol. The average molecular weight is 298 g/mol. The number of carbonyl (C=O) groups is 1. The number of Topliss-reactive ketones (excluding diaryl/α,β-unsaturated/α-hetero) is 1. The van der Waals surface area contributed by atoms with Crippen molar-refractivity contribution in [2.75, 3.05) is 0 Å². The molecule has 2 nitrogen and oxygen atoms in total. The van der Waals surface area contributed by atoms with E-state index < -0.39 is 11.7 Å². The summed E-state index contributed by atoms with van der Waals surface area (Å²) in [5.41, 5.74) is 0.366. The number of nitriles is 1. The molecule has 1 aromatic rings. The first kappa shape index (κ1) is 13.9. The van der Waals surface area contributed by atoms with Gasteiger partial charge in [0.25, 0.3) is 0 Å². The molecule has 1 rings (SSSR count). The van der Waals surface area contributed by atoms with Crippen molar-refractivity contribution in [3.05, 3.63) is 34.1 Å². The van der Waals surface area contributed by atoms with Crippen molar-refractivity contribution >= 4 is 21.7 Å². The van der Waals surface area contributed by atoms with Crippen molar-refractivity contribution in [3.63, 3.8) is 0 Å². The van der Waals surface area contributed by atoms with E-state index in [-0.39, 0.29) is 16.2 Å².